The van der Waals surface area contributed by atoms with E-state index in [-0.39, 0.29) is 12.5 Å². The zero-order valence-corrected chi connectivity index (χ0v) is 23.6. The summed E-state index contributed by atoms with van der Waals surface area (Å²) in [6.07, 6.45) is 4.38. The van der Waals surface area contributed by atoms with E-state index in [0.29, 0.717) is 76.4 Å². The van der Waals surface area contributed by atoms with Gasteiger partial charge in [0.1, 0.15) is 30.8 Å². The normalized spacial score (nSPS) is 13.2. The number of benzene rings is 2. The van der Waals surface area contributed by atoms with E-state index >= 15 is 0 Å². The van der Waals surface area contributed by atoms with E-state index in [4.69, 9.17) is 25.8 Å². The third kappa shape index (κ3) is 7.14. The van der Waals surface area contributed by atoms with Crippen molar-refractivity contribution in [2.45, 2.75) is 6.61 Å². The van der Waals surface area contributed by atoms with Crippen molar-refractivity contribution in [3.05, 3.63) is 89.9 Å². The van der Waals surface area contributed by atoms with Crippen LogP contribution in [0.4, 0.5) is 17.1 Å². The molecule has 2 aromatic heterocycles. The van der Waals surface area contributed by atoms with Crippen LogP contribution >= 0.6 is 11.6 Å². The molecule has 2 aromatic carbocycles. The van der Waals surface area contributed by atoms with Gasteiger partial charge in [-0.3, -0.25) is 19.7 Å². The number of anilines is 3. The summed E-state index contributed by atoms with van der Waals surface area (Å²) in [4.78, 5) is 23.3. The Morgan fingerprint density at radius 3 is 2.74 bits per heavy atom. The van der Waals surface area contributed by atoms with Crippen molar-refractivity contribution in [1.29, 1.82) is 5.26 Å². The highest BCUT2D eigenvalue weighted by Gasteiger charge is 2.17. The molecule has 0 atom stereocenters. The summed E-state index contributed by atoms with van der Waals surface area (Å²) in [6, 6.07) is 16.5. The van der Waals surface area contributed by atoms with Crippen LogP contribution in [0.2, 0.25) is 5.02 Å². The number of fused-ring (bicyclic) bond motifs is 1. The van der Waals surface area contributed by atoms with Gasteiger partial charge in [0.05, 0.1) is 46.4 Å². The van der Waals surface area contributed by atoms with Crippen molar-refractivity contribution in [3.8, 4) is 17.6 Å². The highest BCUT2D eigenvalue weighted by Crippen LogP contribution is 2.37. The molecule has 1 aliphatic rings. The lowest BCUT2D eigenvalue weighted by molar-refractivity contribution is -0.111. The summed E-state index contributed by atoms with van der Waals surface area (Å²) in [5.74, 6) is 0.576. The highest BCUT2D eigenvalue weighted by atomic mass is 35.5. The number of morpholine rings is 1. The molecule has 4 aromatic rings. The van der Waals surface area contributed by atoms with Crippen LogP contribution in [0, 0.1) is 11.3 Å². The quantitative estimate of drug-likeness (QED) is 0.226. The van der Waals surface area contributed by atoms with E-state index < -0.39 is 0 Å². The first-order valence-electron chi connectivity index (χ1n) is 13.4. The predicted molar refractivity (Wildman–Crippen MR) is 161 cm³/mol. The number of ether oxygens (including phenoxy) is 3. The van der Waals surface area contributed by atoms with Gasteiger partial charge < -0.3 is 24.8 Å². The molecule has 0 unspecified atom stereocenters. The Hall–Kier alpha value is -4.69. The van der Waals surface area contributed by atoms with Gasteiger partial charge in [0.25, 0.3) is 0 Å². The molecule has 1 amide bonds. The van der Waals surface area contributed by atoms with Crippen molar-refractivity contribution in [3.63, 3.8) is 0 Å². The Morgan fingerprint density at radius 2 is 2.00 bits per heavy atom. The number of hydrogen-bond acceptors (Lipinski definition) is 9. The minimum Gasteiger partial charge on any atom is -0.490 e. The Kier molecular flexibility index (Phi) is 9.46. The average molecular weight is 585 g/mol. The van der Waals surface area contributed by atoms with Crippen molar-refractivity contribution in [2.75, 3.05) is 50.1 Å². The Labute approximate surface area is 248 Å². The van der Waals surface area contributed by atoms with Gasteiger partial charge in [-0.1, -0.05) is 24.2 Å². The molecule has 0 spiro atoms. The second kappa shape index (κ2) is 13.8. The number of nitrogens with one attached hydrogen (secondary N) is 2. The Morgan fingerprint density at radius 1 is 1.14 bits per heavy atom. The van der Waals surface area contributed by atoms with Gasteiger partial charge in [0.2, 0.25) is 5.91 Å². The van der Waals surface area contributed by atoms with Crippen LogP contribution in [0.1, 0.15) is 11.3 Å². The Bertz CT molecular complexity index is 1620. The fourth-order valence-electron chi connectivity index (χ4n) is 4.42. The molecular formula is C31H29ClN6O4. The lowest BCUT2D eigenvalue weighted by Gasteiger charge is -2.26. The van der Waals surface area contributed by atoms with Crippen LogP contribution in [0.15, 0.2) is 73.6 Å². The first kappa shape index (κ1) is 28.8. The van der Waals surface area contributed by atoms with Crippen LogP contribution in [0.3, 0.4) is 0 Å². The molecule has 0 radical (unpaired) electrons. The number of carbonyl (C=O) groups excluding carboxylic acids is 1. The summed E-state index contributed by atoms with van der Waals surface area (Å²) in [6.45, 7) is 8.04. The first-order valence-corrected chi connectivity index (χ1v) is 13.7. The molecule has 5 rings (SSSR count). The van der Waals surface area contributed by atoms with E-state index in [2.05, 4.69) is 38.1 Å². The van der Waals surface area contributed by atoms with E-state index in [0.717, 1.165) is 18.8 Å². The zero-order valence-electron chi connectivity index (χ0n) is 22.8. The number of carbonyl (C=O) groups is 1. The minimum atomic E-state index is -0.389. The zero-order chi connectivity index (χ0) is 29.3. The molecule has 1 aliphatic heterocycles. The van der Waals surface area contributed by atoms with Gasteiger partial charge in [-0.05, 0) is 42.5 Å². The molecule has 11 heteroatoms. The van der Waals surface area contributed by atoms with Crippen molar-refractivity contribution >= 4 is 45.5 Å². The predicted octanol–water partition coefficient (Wildman–Crippen LogP) is 5.31. The fourth-order valence-corrected chi connectivity index (χ4v) is 4.66. The number of nitrogens with zero attached hydrogens (tertiary/aromatic N) is 4. The summed E-state index contributed by atoms with van der Waals surface area (Å²) < 4.78 is 17.3. The van der Waals surface area contributed by atoms with Crippen LogP contribution in [-0.4, -0.2) is 60.2 Å². The number of pyridine rings is 2. The lowest BCUT2D eigenvalue weighted by atomic mass is 10.1. The topological polar surface area (TPSA) is 122 Å². The largest absolute Gasteiger partial charge is 0.490 e. The van der Waals surface area contributed by atoms with Crippen LogP contribution in [0.25, 0.3) is 10.9 Å². The van der Waals surface area contributed by atoms with Crippen molar-refractivity contribution < 1.29 is 19.0 Å². The molecule has 1 saturated heterocycles. The van der Waals surface area contributed by atoms with Gasteiger partial charge in [0, 0.05) is 49.2 Å². The van der Waals surface area contributed by atoms with Crippen molar-refractivity contribution in [1.82, 2.24) is 14.9 Å². The van der Waals surface area contributed by atoms with Crippen LogP contribution in [-0.2, 0) is 16.1 Å². The summed E-state index contributed by atoms with van der Waals surface area (Å²) >= 11 is 6.53. The lowest BCUT2D eigenvalue weighted by Crippen LogP contribution is -2.38. The van der Waals surface area contributed by atoms with E-state index in [1.165, 1.54) is 12.3 Å². The molecule has 3 heterocycles. The van der Waals surface area contributed by atoms with Gasteiger partial charge in [-0.25, -0.2) is 0 Å². The number of nitriles is 1. The summed E-state index contributed by atoms with van der Waals surface area (Å²) in [5.41, 5.74) is 3.26. The molecular weight excluding hydrogens is 556 g/mol. The summed E-state index contributed by atoms with van der Waals surface area (Å²) in [7, 11) is 0. The smallest absolute Gasteiger partial charge is 0.247 e. The van der Waals surface area contributed by atoms with Gasteiger partial charge >= 0.3 is 0 Å². The third-order valence-electron chi connectivity index (χ3n) is 6.60. The number of amides is 1. The third-order valence-corrected chi connectivity index (χ3v) is 6.90. The number of aromatic nitrogens is 2. The van der Waals surface area contributed by atoms with Gasteiger partial charge in [-0.15, -0.1) is 0 Å². The Balaban J connectivity index is 1.41. The number of halogens is 1. The average Bonchev–Trinajstić information content (AvgIpc) is 3.02. The SMILES string of the molecule is C=CC(=O)Nc1cc2c(Nc3ccc(OCc4ccccn4)c(Cl)c3)c(C#N)cnc2cc1OCCN1CCOCC1. The second-order valence-electron chi connectivity index (χ2n) is 9.40. The van der Waals surface area contributed by atoms with E-state index in [1.807, 2.05) is 18.2 Å². The molecule has 42 heavy (non-hydrogen) atoms. The van der Waals surface area contributed by atoms with Gasteiger partial charge in [-0.2, -0.15) is 5.26 Å². The highest BCUT2D eigenvalue weighted by molar-refractivity contribution is 6.32. The van der Waals surface area contributed by atoms with Crippen molar-refractivity contribution in [2.24, 2.45) is 0 Å². The molecule has 0 saturated carbocycles. The van der Waals surface area contributed by atoms with Crippen LogP contribution < -0.4 is 20.1 Å². The molecule has 1 fully saturated rings. The van der Waals surface area contributed by atoms with E-state index in [9.17, 15) is 10.1 Å². The molecule has 10 nitrogen and oxygen atoms in total. The van der Waals surface area contributed by atoms with Crippen LogP contribution in [0.5, 0.6) is 11.5 Å². The number of hydrogen-bond donors (Lipinski definition) is 2. The maximum atomic E-state index is 12.3. The number of rotatable bonds is 11. The molecule has 214 valence electrons. The minimum absolute atomic E-state index is 0.275. The molecule has 0 bridgehead atoms. The molecule has 2 N–H and O–H groups in total. The monoisotopic (exact) mass is 584 g/mol. The maximum absolute atomic E-state index is 12.3. The standard InChI is InChI=1S/C31H29ClN6O4/c1-2-30(39)37-27-16-24-26(17-29(27)41-14-11-38-9-12-40-13-10-38)35-19-21(18-33)31(24)36-22-6-7-28(25(32)15-22)42-20-23-5-3-4-8-34-23/h2-8,15-17,19H,1,9-14,20H2,(H,35,36)(H,37,39). The second-order valence-corrected chi connectivity index (χ2v) is 9.81. The fraction of sp³-hybridized carbons (Fsp3) is 0.226. The van der Waals surface area contributed by atoms with Gasteiger partial charge in [0.15, 0.2) is 0 Å². The maximum Gasteiger partial charge on any atom is 0.247 e. The van der Waals surface area contributed by atoms with E-state index in [1.54, 1.807) is 36.5 Å². The summed E-state index contributed by atoms with van der Waals surface area (Å²) in [5, 5.41) is 17.0. The first-order chi connectivity index (χ1) is 20.5. The molecule has 0 aliphatic carbocycles.